The molecule has 29 heavy (non-hydrogen) atoms. The third-order valence-corrected chi connectivity index (χ3v) is 5.08. The Morgan fingerprint density at radius 1 is 1.17 bits per heavy atom. The number of thioether (sulfide) groups is 1. The van der Waals surface area contributed by atoms with Crippen LogP contribution >= 0.6 is 23.4 Å². The van der Waals surface area contributed by atoms with E-state index in [1.54, 1.807) is 30.5 Å². The van der Waals surface area contributed by atoms with Gasteiger partial charge in [0.05, 0.1) is 11.9 Å². The number of nitrogens with zero attached hydrogens (tertiary/aromatic N) is 4. The van der Waals surface area contributed by atoms with E-state index in [9.17, 15) is 4.39 Å². The summed E-state index contributed by atoms with van der Waals surface area (Å²) in [6, 6.07) is 13.4. The first-order valence-corrected chi connectivity index (χ1v) is 9.86. The summed E-state index contributed by atoms with van der Waals surface area (Å²) in [4.78, 5) is 4.26. The maximum Gasteiger partial charge on any atom is 0.210 e. The van der Waals surface area contributed by atoms with Gasteiger partial charge in [0, 0.05) is 10.6 Å². The Bertz CT molecular complexity index is 1130. The van der Waals surface area contributed by atoms with Crippen LogP contribution in [0.5, 0.6) is 5.75 Å². The van der Waals surface area contributed by atoms with Crippen LogP contribution in [0.2, 0.25) is 5.02 Å². The van der Waals surface area contributed by atoms with Crippen molar-refractivity contribution in [1.82, 2.24) is 19.9 Å². The Hall–Kier alpha value is -3.04. The third-order valence-electron chi connectivity index (χ3n) is 3.92. The second kappa shape index (κ2) is 8.54. The predicted molar refractivity (Wildman–Crippen MR) is 107 cm³/mol. The highest BCUT2D eigenvalue weighted by atomic mass is 35.5. The minimum Gasteiger partial charge on any atom is -0.482 e. The first-order chi connectivity index (χ1) is 14.1. The largest absolute Gasteiger partial charge is 0.482 e. The number of hydrogen-bond acceptors (Lipinski definition) is 7. The first kappa shape index (κ1) is 19.3. The van der Waals surface area contributed by atoms with Crippen molar-refractivity contribution >= 4 is 23.4 Å². The van der Waals surface area contributed by atoms with Gasteiger partial charge in [-0.1, -0.05) is 47.6 Å². The zero-order valence-corrected chi connectivity index (χ0v) is 16.5. The molecule has 10 heteroatoms. The van der Waals surface area contributed by atoms with Crippen molar-refractivity contribution in [3.63, 3.8) is 0 Å². The summed E-state index contributed by atoms with van der Waals surface area (Å²) in [5.41, 5.74) is 0.843. The van der Waals surface area contributed by atoms with Crippen LogP contribution in [0.15, 0.2) is 64.3 Å². The van der Waals surface area contributed by atoms with Crippen LogP contribution < -0.4 is 10.6 Å². The molecule has 2 aromatic heterocycles. The number of benzene rings is 2. The average Bonchev–Trinajstić information content (AvgIpc) is 3.33. The molecule has 2 aromatic carbocycles. The van der Waals surface area contributed by atoms with Crippen LogP contribution in [0.1, 0.15) is 11.7 Å². The Morgan fingerprint density at radius 2 is 2.03 bits per heavy atom. The zero-order valence-electron chi connectivity index (χ0n) is 15.0. The molecule has 4 rings (SSSR count). The van der Waals surface area contributed by atoms with Crippen molar-refractivity contribution < 1.29 is 13.5 Å². The fourth-order valence-corrected chi connectivity index (χ4v) is 3.41. The Labute approximate surface area is 174 Å². The Kier molecular flexibility index (Phi) is 5.68. The lowest BCUT2D eigenvalue weighted by Gasteiger charge is -2.06. The van der Waals surface area contributed by atoms with Gasteiger partial charge < -0.3 is 15.0 Å². The van der Waals surface area contributed by atoms with Gasteiger partial charge in [0.2, 0.25) is 11.0 Å². The summed E-state index contributed by atoms with van der Waals surface area (Å²) in [7, 11) is 0. The van der Waals surface area contributed by atoms with E-state index in [0.717, 1.165) is 5.56 Å². The molecule has 0 saturated heterocycles. The predicted octanol–water partition coefficient (Wildman–Crippen LogP) is 4.31. The molecule has 0 fully saturated rings. The van der Waals surface area contributed by atoms with Gasteiger partial charge in [0.1, 0.15) is 6.61 Å². The van der Waals surface area contributed by atoms with Crippen molar-refractivity contribution in [3.05, 3.63) is 77.3 Å². The van der Waals surface area contributed by atoms with Gasteiger partial charge in [0.15, 0.2) is 23.2 Å². The van der Waals surface area contributed by atoms with Crippen molar-refractivity contribution in [2.24, 2.45) is 0 Å². The molecule has 0 saturated carbocycles. The van der Waals surface area contributed by atoms with Crippen molar-refractivity contribution in [1.29, 1.82) is 0 Å². The van der Waals surface area contributed by atoms with E-state index in [0.29, 0.717) is 33.4 Å². The summed E-state index contributed by atoms with van der Waals surface area (Å²) in [5.74, 6) is 7.59. The number of oxazole rings is 1. The van der Waals surface area contributed by atoms with E-state index in [2.05, 4.69) is 15.2 Å². The van der Waals surface area contributed by atoms with Gasteiger partial charge in [0.25, 0.3) is 0 Å². The normalized spacial score (nSPS) is 11.0. The van der Waals surface area contributed by atoms with Gasteiger partial charge in [-0.25, -0.2) is 14.1 Å². The van der Waals surface area contributed by atoms with Gasteiger partial charge in [-0.15, -0.1) is 10.2 Å². The lowest BCUT2D eigenvalue weighted by molar-refractivity contribution is 0.277. The maximum atomic E-state index is 13.6. The van der Waals surface area contributed by atoms with Crippen molar-refractivity contribution in [3.8, 4) is 17.1 Å². The lowest BCUT2D eigenvalue weighted by Crippen LogP contribution is -2.16. The molecule has 0 aliphatic rings. The highest BCUT2D eigenvalue weighted by molar-refractivity contribution is 7.98. The minimum atomic E-state index is -0.454. The second-order valence-corrected chi connectivity index (χ2v) is 7.28. The number of para-hydroxylation sites is 1. The molecule has 148 valence electrons. The Morgan fingerprint density at radius 3 is 2.86 bits per heavy atom. The third kappa shape index (κ3) is 4.52. The monoisotopic (exact) mass is 431 g/mol. The van der Waals surface area contributed by atoms with Crippen molar-refractivity contribution in [2.75, 3.05) is 5.84 Å². The smallest absolute Gasteiger partial charge is 0.210 e. The summed E-state index contributed by atoms with van der Waals surface area (Å²) < 4.78 is 26.1. The topological polar surface area (TPSA) is 92.0 Å². The van der Waals surface area contributed by atoms with E-state index in [4.69, 9.17) is 26.6 Å². The van der Waals surface area contributed by atoms with E-state index in [-0.39, 0.29) is 12.4 Å². The molecule has 4 aromatic rings. The molecule has 0 unspecified atom stereocenters. The molecule has 0 aliphatic heterocycles. The molecule has 0 spiro atoms. The van der Waals surface area contributed by atoms with E-state index < -0.39 is 5.82 Å². The molecule has 0 atom stereocenters. The van der Waals surface area contributed by atoms with Crippen LogP contribution in [-0.4, -0.2) is 19.9 Å². The van der Waals surface area contributed by atoms with Gasteiger partial charge in [-0.3, -0.25) is 0 Å². The standard InChI is InChI=1S/C19H15ClFN5O2S/c20-13-5-3-4-12(8-13)16-9-23-18(28-16)11-29-19-25-24-17(26(19)22)10-27-15-7-2-1-6-14(15)21/h1-9H,10-11,22H2. The number of halogens is 2. The number of nitrogens with two attached hydrogens (primary N) is 1. The number of aromatic nitrogens is 4. The zero-order chi connectivity index (χ0) is 20.2. The fraction of sp³-hybridized carbons (Fsp3) is 0.105. The quantitative estimate of drug-likeness (QED) is 0.344. The molecule has 0 aliphatic carbocycles. The fourth-order valence-electron chi connectivity index (χ4n) is 2.49. The summed E-state index contributed by atoms with van der Waals surface area (Å²) in [5, 5.41) is 9.10. The van der Waals surface area contributed by atoms with Gasteiger partial charge in [-0.2, -0.15) is 0 Å². The number of nitrogen functional groups attached to an aromatic ring is 1. The molecule has 7 nitrogen and oxygen atoms in total. The maximum absolute atomic E-state index is 13.6. The molecule has 0 amide bonds. The van der Waals surface area contributed by atoms with Gasteiger partial charge in [-0.05, 0) is 24.3 Å². The molecular formula is C19H15ClFN5O2S. The molecule has 2 N–H and O–H groups in total. The summed E-state index contributed by atoms with van der Waals surface area (Å²) in [6.07, 6.45) is 1.64. The van der Waals surface area contributed by atoms with Crippen LogP contribution in [0, 0.1) is 5.82 Å². The van der Waals surface area contributed by atoms with Crippen LogP contribution in [0.3, 0.4) is 0 Å². The number of hydrogen-bond donors (Lipinski definition) is 1. The van der Waals surface area contributed by atoms with E-state index in [1.165, 1.54) is 28.6 Å². The SMILES string of the molecule is Nn1c(COc2ccccc2F)nnc1SCc1ncc(-c2cccc(Cl)c2)o1. The van der Waals surface area contributed by atoms with Gasteiger partial charge >= 0.3 is 0 Å². The molecular weight excluding hydrogens is 417 g/mol. The number of rotatable bonds is 7. The molecule has 2 heterocycles. The number of ether oxygens (including phenoxy) is 1. The van der Waals surface area contributed by atoms with Crippen LogP contribution in [-0.2, 0) is 12.4 Å². The Balaban J connectivity index is 1.38. The molecule has 0 bridgehead atoms. The van der Waals surface area contributed by atoms with Crippen molar-refractivity contribution in [2.45, 2.75) is 17.5 Å². The highest BCUT2D eigenvalue weighted by Gasteiger charge is 2.14. The van der Waals surface area contributed by atoms with E-state index >= 15 is 0 Å². The summed E-state index contributed by atoms with van der Waals surface area (Å²) >= 11 is 7.32. The van der Waals surface area contributed by atoms with E-state index in [1.807, 2.05) is 12.1 Å². The minimum absolute atomic E-state index is 0.0110. The summed E-state index contributed by atoms with van der Waals surface area (Å²) in [6.45, 7) is -0.0110. The highest BCUT2D eigenvalue weighted by Crippen LogP contribution is 2.26. The second-order valence-electron chi connectivity index (χ2n) is 5.91. The average molecular weight is 432 g/mol. The van der Waals surface area contributed by atoms with Crippen LogP contribution in [0.25, 0.3) is 11.3 Å². The lowest BCUT2D eigenvalue weighted by atomic mass is 10.2. The molecule has 0 radical (unpaired) electrons. The first-order valence-electron chi connectivity index (χ1n) is 8.50. The van der Waals surface area contributed by atoms with Crippen LogP contribution in [0.4, 0.5) is 4.39 Å².